The highest BCUT2D eigenvalue weighted by Gasteiger charge is 2.26. The van der Waals surface area contributed by atoms with Crippen molar-refractivity contribution in [2.24, 2.45) is 0 Å². The van der Waals surface area contributed by atoms with Gasteiger partial charge in [-0.3, -0.25) is 9.78 Å². The zero-order chi connectivity index (χ0) is 19.2. The van der Waals surface area contributed by atoms with Crippen LogP contribution in [0.4, 0.5) is 5.69 Å². The number of hydrogen-bond donors (Lipinski definition) is 1. The summed E-state index contributed by atoms with van der Waals surface area (Å²) in [4.78, 5) is 32.9. The third-order valence-corrected chi connectivity index (χ3v) is 3.90. The van der Waals surface area contributed by atoms with Gasteiger partial charge in [0.15, 0.2) is 5.69 Å². The van der Waals surface area contributed by atoms with Crippen LogP contribution in [-0.2, 0) is 9.53 Å². The Kier molecular flexibility index (Phi) is 6.01. The maximum absolute atomic E-state index is 12.8. The first-order chi connectivity index (χ1) is 13.0. The van der Waals surface area contributed by atoms with E-state index in [1.54, 1.807) is 36.4 Å². The summed E-state index contributed by atoms with van der Waals surface area (Å²) in [5.74, 6) is -1.33. The first-order valence-corrected chi connectivity index (χ1v) is 8.57. The number of carbonyl (C=O) groups is 2. The molecule has 1 unspecified atom stereocenters. The predicted octanol–water partition coefficient (Wildman–Crippen LogP) is 4.32. The summed E-state index contributed by atoms with van der Waals surface area (Å²) in [5.41, 5.74) is 0.881. The van der Waals surface area contributed by atoms with Gasteiger partial charge in [0, 0.05) is 33.7 Å². The van der Waals surface area contributed by atoms with Gasteiger partial charge in [-0.05, 0) is 18.2 Å². The molecule has 1 aromatic heterocycles. The highest BCUT2D eigenvalue weighted by Crippen LogP contribution is 2.25. The standard InChI is InChI=1S/C19H13Cl2N3O3/c20-13-8-14(21)10-15(9-13)24-18(25)17(12-4-2-1-3-5-12)27-19(26)16-11-22-6-7-23-16/h1-11,17H,(H,24,25). The van der Waals surface area contributed by atoms with Crippen molar-refractivity contribution < 1.29 is 14.3 Å². The molecule has 1 atom stereocenters. The van der Waals surface area contributed by atoms with Crippen LogP contribution in [0, 0.1) is 0 Å². The van der Waals surface area contributed by atoms with Gasteiger partial charge in [0.1, 0.15) is 0 Å². The Morgan fingerprint density at radius 3 is 2.33 bits per heavy atom. The lowest BCUT2D eigenvalue weighted by molar-refractivity contribution is -0.125. The minimum Gasteiger partial charge on any atom is -0.443 e. The average Bonchev–Trinajstić information content (AvgIpc) is 2.66. The number of nitrogens with one attached hydrogen (secondary N) is 1. The topological polar surface area (TPSA) is 81.2 Å². The fourth-order valence-electron chi connectivity index (χ4n) is 2.31. The van der Waals surface area contributed by atoms with Crippen LogP contribution in [0.15, 0.2) is 67.1 Å². The summed E-state index contributed by atoms with van der Waals surface area (Å²) < 4.78 is 5.40. The van der Waals surface area contributed by atoms with Gasteiger partial charge in [-0.1, -0.05) is 53.5 Å². The number of carbonyl (C=O) groups excluding carboxylic acids is 2. The lowest BCUT2D eigenvalue weighted by Gasteiger charge is -2.18. The van der Waals surface area contributed by atoms with Crippen LogP contribution in [0.1, 0.15) is 22.2 Å². The zero-order valence-electron chi connectivity index (χ0n) is 13.8. The van der Waals surface area contributed by atoms with Gasteiger partial charge in [-0.25, -0.2) is 9.78 Å². The summed E-state index contributed by atoms with van der Waals surface area (Å²) in [5, 5.41) is 3.39. The van der Waals surface area contributed by atoms with Gasteiger partial charge in [0.05, 0.1) is 6.20 Å². The van der Waals surface area contributed by atoms with Crippen LogP contribution in [0.5, 0.6) is 0 Å². The second-order valence-electron chi connectivity index (χ2n) is 5.43. The van der Waals surface area contributed by atoms with Gasteiger partial charge in [-0.2, -0.15) is 0 Å². The van der Waals surface area contributed by atoms with Crippen molar-refractivity contribution in [1.82, 2.24) is 9.97 Å². The fraction of sp³-hybridized carbons (Fsp3) is 0.0526. The van der Waals surface area contributed by atoms with E-state index in [-0.39, 0.29) is 5.69 Å². The normalized spacial score (nSPS) is 11.5. The van der Waals surface area contributed by atoms with Gasteiger partial charge in [0.25, 0.3) is 5.91 Å². The molecule has 8 heteroatoms. The Morgan fingerprint density at radius 2 is 1.70 bits per heavy atom. The number of ether oxygens (including phenoxy) is 1. The van der Waals surface area contributed by atoms with E-state index in [1.165, 1.54) is 30.7 Å². The largest absolute Gasteiger partial charge is 0.443 e. The molecule has 0 spiro atoms. The lowest BCUT2D eigenvalue weighted by atomic mass is 10.1. The van der Waals surface area contributed by atoms with E-state index in [0.29, 0.717) is 21.3 Å². The minimum atomic E-state index is -1.20. The summed E-state index contributed by atoms with van der Waals surface area (Å²) >= 11 is 11.9. The highest BCUT2D eigenvalue weighted by molar-refractivity contribution is 6.35. The van der Waals surface area contributed by atoms with E-state index < -0.39 is 18.0 Å². The number of anilines is 1. The monoisotopic (exact) mass is 401 g/mol. The Morgan fingerprint density at radius 1 is 1.00 bits per heavy atom. The number of benzene rings is 2. The van der Waals surface area contributed by atoms with E-state index in [0.717, 1.165) is 0 Å². The van der Waals surface area contributed by atoms with Crippen LogP contribution < -0.4 is 5.32 Å². The molecule has 0 aliphatic heterocycles. The molecule has 27 heavy (non-hydrogen) atoms. The molecule has 1 heterocycles. The maximum atomic E-state index is 12.8. The molecule has 1 amide bonds. The van der Waals surface area contributed by atoms with E-state index >= 15 is 0 Å². The molecule has 0 radical (unpaired) electrons. The van der Waals surface area contributed by atoms with Crippen molar-refractivity contribution in [3.8, 4) is 0 Å². The average molecular weight is 402 g/mol. The number of aromatic nitrogens is 2. The quantitative estimate of drug-likeness (QED) is 0.643. The number of hydrogen-bond acceptors (Lipinski definition) is 5. The fourth-order valence-corrected chi connectivity index (χ4v) is 2.83. The smallest absolute Gasteiger partial charge is 0.359 e. The lowest BCUT2D eigenvalue weighted by Crippen LogP contribution is -2.26. The SMILES string of the molecule is O=C(OC(C(=O)Nc1cc(Cl)cc(Cl)c1)c1ccccc1)c1cnccn1. The van der Waals surface area contributed by atoms with E-state index in [4.69, 9.17) is 27.9 Å². The molecular formula is C19H13Cl2N3O3. The molecule has 0 aliphatic carbocycles. The second-order valence-corrected chi connectivity index (χ2v) is 6.31. The molecule has 3 aromatic rings. The molecule has 0 bridgehead atoms. The van der Waals surface area contributed by atoms with Crippen LogP contribution in [0.2, 0.25) is 10.0 Å². The van der Waals surface area contributed by atoms with Crippen molar-refractivity contribution in [2.45, 2.75) is 6.10 Å². The van der Waals surface area contributed by atoms with Gasteiger partial charge < -0.3 is 10.1 Å². The van der Waals surface area contributed by atoms with E-state index in [2.05, 4.69) is 15.3 Å². The first kappa shape index (κ1) is 18.8. The van der Waals surface area contributed by atoms with Crippen molar-refractivity contribution in [1.29, 1.82) is 0 Å². The molecule has 0 aliphatic rings. The number of rotatable bonds is 5. The molecule has 6 nitrogen and oxygen atoms in total. The number of nitrogens with zero attached hydrogens (tertiary/aromatic N) is 2. The molecule has 136 valence electrons. The molecule has 0 fully saturated rings. The summed E-state index contributed by atoms with van der Waals surface area (Å²) in [7, 11) is 0. The van der Waals surface area contributed by atoms with Gasteiger partial charge in [0.2, 0.25) is 6.10 Å². The first-order valence-electron chi connectivity index (χ1n) is 7.82. The maximum Gasteiger partial charge on any atom is 0.359 e. The van der Waals surface area contributed by atoms with Gasteiger partial charge >= 0.3 is 5.97 Å². The summed E-state index contributed by atoms with van der Waals surface area (Å²) in [6.45, 7) is 0. The Bertz CT molecular complexity index is 933. The molecular weight excluding hydrogens is 389 g/mol. The van der Waals surface area contributed by atoms with Crippen LogP contribution >= 0.6 is 23.2 Å². The summed E-state index contributed by atoms with van der Waals surface area (Å²) in [6, 6.07) is 13.2. The molecule has 0 saturated heterocycles. The van der Waals surface area contributed by atoms with Crippen molar-refractivity contribution in [2.75, 3.05) is 5.32 Å². The molecule has 2 aromatic carbocycles. The second kappa shape index (κ2) is 8.62. The third kappa shape index (κ3) is 5.03. The molecule has 0 saturated carbocycles. The zero-order valence-corrected chi connectivity index (χ0v) is 15.3. The van der Waals surface area contributed by atoms with Crippen molar-refractivity contribution >= 4 is 40.8 Å². The number of amides is 1. The Labute approximate surface area is 165 Å². The Hall–Kier alpha value is -2.96. The molecule has 1 N–H and O–H groups in total. The number of halogens is 2. The highest BCUT2D eigenvalue weighted by atomic mass is 35.5. The number of esters is 1. The van der Waals surface area contributed by atoms with Gasteiger partial charge in [-0.15, -0.1) is 0 Å². The predicted molar refractivity (Wildman–Crippen MR) is 102 cm³/mol. The van der Waals surface area contributed by atoms with Crippen molar-refractivity contribution in [3.63, 3.8) is 0 Å². The van der Waals surface area contributed by atoms with E-state index in [9.17, 15) is 9.59 Å². The minimum absolute atomic E-state index is 0.00275. The van der Waals surface area contributed by atoms with Crippen molar-refractivity contribution in [3.05, 3.63) is 88.4 Å². The summed E-state index contributed by atoms with van der Waals surface area (Å²) in [6.07, 6.45) is 2.86. The van der Waals surface area contributed by atoms with Crippen LogP contribution in [0.25, 0.3) is 0 Å². The third-order valence-electron chi connectivity index (χ3n) is 3.47. The molecule has 3 rings (SSSR count). The van der Waals surface area contributed by atoms with Crippen LogP contribution in [-0.4, -0.2) is 21.8 Å². The van der Waals surface area contributed by atoms with Crippen LogP contribution in [0.3, 0.4) is 0 Å². The van der Waals surface area contributed by atoms with E-state index in [1.807, 2.05) is 0 Å². The Balaban J connectivity index is 1.85.